The van der Waals surface area contributed by atoms with Crippen LogP contribution in [0.2, 0.25) is 0 Å². The van der Waals surface area contributed by atoms with Gasteiger partial charge in [-0.05, 0) is 32.4 Å². The molecule has 0 aliphatic carbocycles. The van der Waals surface area contributed by atoms with Gasteiger partial charge in [0.15, 0.2) is 0 Å². The number of halogens is 1. The predicted octanol–water partition coefficient (Wildman–Crippen LogP) is 3.92. The fourth-order valence-corrected chi connectivity index (χ4v) is 4.00. The van der Waals surface area contributed by atoms with E-state index in [0.717, 1.165) is 6.61 Å². The van der Waals surface area contributed by atoms with Gasteiger partial charge in [-0.1, -0.05) is 15.9 Å². The third-order valence-electron chi connectivity index (χ3n) is 2.84. The molecule has 1 aromatic rings. The van der Waals surface area contributed by atoms with Crippen molar-refractivity contribution in [1.29, 1.82) is 0 Å². The fraction of sp³-hybridized carbons (Fsp3) is 0.636. The number of ether oxygens (including phenoxy) is 1. The van der Waals surface area contributed by atoms with E-state index in [1.165, 1.54) is 16.2 Å². The third-order valence-corrected chi connectivity index (χ3v) is 5.40. The van der Waals surface area contributed by atoms with Gasteiger partial charge >= 0.3 is 0 Å². The molecule has 3 unspecified atom stereocenters. The standard InChI is InChI=1S/C11H15BrOS/c1-7-3-4-10(14-7)11(12)9-5-6-13-8(9)2/h3-4,8-9,11H,5-6H2,1-2H3. The van der Waals surface area contributed by atoms with Crippen LogP contribution < -0.4 is 0 Å². The zero-order valence-electron chi connectivity index (χ0n) is 8.50. The number of thiophene rings is 1. The average molecular weight is 275 g/mol. The molecule has 78 valence electrons. The Balaban J connectivity index is 2.11. The molecule has 1 nitrogen and oxygen atoms in total. The van der Waals surface area contributed by atoms with Crippen LogP contribution in [-0.4, -0.2) is 12.7 Å². The Bertz CT molecular complexity index is 310. The van der Waals surface area contributed by atoms with E-state index in [1.807, 2.05) is 11.3 Å². The first kappa shape index (κ1) is 10.7. The fourth-order valence-electron chi connectivity index (χ4n) is 1.95. The lowest BCUT2D eigenvalue weighted by atomic mass is 9.98. The highest BCUT2D eigenvalue weighted by Gasteiger charge is 2.31. The number of hydrogen-bond acceptors (Lipinski definition) is 2. The topological polar surface area (TPSA) is 9.23 Å². The summed E-state index contributed by atoms with van der Waals surface area (Å²) in [5, 5.41) is 0. The van der Waals surface area contributed by atoms with Gasteiger partial charge in [-0.2, -0.15) is 0 Å². The van der Waals surface area contributed by atoms with Gasteiger partial charge < -0.3 is 4.74 Å². The molecular weight excluding hydrogens is 260 g/mol. The van der Waals surface area contributed by atoms with Gasteiger partial charge in [-0.3, -0.25) is 0 Å². The molecule has 14 heavy (non-hydrogen) atoms. The second-order valence-corrected chi connectivity index (χ2v) is 6.18. The smallest absolute Gasteiger partial charge is 0.0590 e. The van der Waals surface area contributed by atoms with Crippen molar-refractivity contribution < 1.29 is 4.74 Å². The van der Waals surface area contributed by atoms with Gasteiger partial charge in [0.2, 0.25) is 0 Å². The Labute approximate surface area is 97.6 Å². The van der Waals surface area contributed by atoms with Gasteiger partial charge in [0.25, 0.3) is 0 Å². The minimum Gasteiger partial charge on any atom is -0.378 e. The molecule has 1 saturated heterocycles. The van der Waals surface area contributed by atoms with E-state index in [2.05, 4.69) is 41.9 Å². The predicted molar refractivity (Wildman–Crippen MR) is 64.2 cm³/mol. The molecule has 1 aromatic heterocycles. The molecule has 1 aliphatic heterocycles. The van der Waals surface area contributed by atoms with Gasteiger partial charge in [0.05, 0.1) is 10.9 Å². The van der Waals surface area contributed by atoms with Crippen LogP contribution in [0.3, 0.4) is 0 Å². The van der Waals surface area contributed by atoms with Crippen LogP contribution in [0.15, 0.2) is 12.1 Å². The van der Waals surface area contributed by atoms with Crippen LogP contribution in [0.25, 0.3) is 0 Å². The molecular formula is C11H15BrOS. The number of rotatable bonds is 2. The summed E-state index contributed by atoms with van der Waals surface area (Å²) in [6.45, 7) is 5.24. The highest BCUT2D eigenvalue weighted by atomic mass is 79.9. The Morgan fingerprint density at radius 3 is 2.86 bits per heavy atom. The highest BCUT2D eigenvalue weighted by molar-refractivity contribution is 9.09. The summed E-state index contributed by atoms with van der Waals surface area (Å²) in [6, 6.07) is 4.42. The minimum atomic E-state index is 0.391. The van der Waals surface area contributed by atoms with Gasteiger partial charge in [-0.15, -0.1) is 11.3 Å². The van der Waals surface area contributed by atoms with Crippen LogP contribution in [-0.2, 0) is 4.74 Å². The van der Waals surface area contributed by atoms with Gasteiger partial charge in [0, 0.05) is 22.3 Å². The van der Waals surface area contributed by atoms with Crippen molar-refractivity contribution in [2.24, 2.45) is 5.92 Å². The van der Waals surface area contributed by atoms with E-state index >= 15 is 0 Å². The zero-order valence-corrected chi connectivity index (χ0v) is 10.9. The Morgan fingerprint density at radius 2 is 2.36 bits per heavy atom. The Hall–Kier alpha value is 0.140. The lowest BCUT2D eigenvalue weighted by Crippen LogP contribution is -2.15. The molecule has 0 bridgehead atoms. The molecule has 0 N–H and O–H groups in total. The molecule has 3 atom stereocenters. The summed E-state index contributed by atoms with van der Waals surface area (Å²) in [7, 11) is 0. The summed E-state index contributed by atoms with van der Waals surface area (Å²) in [5.74, 6) is 0.632. The first-order chi connectivity index (χ1) is 6.68. The van der Waals surface area contributed by atoms with Crippen molar-refractivity contribution in [2.75, 3.05) is 6.61 Å². The molecule has 0 saturated carbocycles. The molecule has 0 spiro atoms. The number of aryl methyl sites for hydroxylation is 1. The monoisotopic (exact) mass is 274 g/mol. The molecule has 1 aliphatic rings. The molecule has 1 fully saturated rings. The van der Waals surface area contributed by atoms with Crippen molar-refractivity contribution in [3.63, 3.8) is 0 Å². The van der Waals surface area contributed by atoms with Gasteiger partial charge in [0.1, 0.15) is 0 Å². The molecule has 2 rings (SSSR count). The van der Waals surface area contributed by atoms with Crippen LogP contribution in [0.5, 0.6) is 0 Å². The summed E-state index contributed by atoms with van der Waals surface area (Å²) in [4.78, 5) is 3.29. The quantitative estimate of drug-likeness (QED) is 0.743. The molecule has 0 amide bonds. The van der Waals surface area contributed by atoms with Crippen molar-refractivity contribution in [2.45, 2.75) is 31.2 Å². The van der Waals surface area contributed by atoms with Crippen LogP contribution in [0.1, 0.15) is 27.9 Å². The van der Waals surface area contributed by atoms with E-state index in [9.17, 15) is 0 Å². The second kappa shape index (κ2) is 4.33. The van der Waals surface area contributed by atoms with E-state index in [4.69, 9.17) is 4.74 Å². The van der Waals surface area contributed by atoms with Crippen molar-refractivity contribution in [1.82, 2.24) is 0 Å². The summed E-state index contributed by atoms with van der Waals surface area (Å²) < 4.78 is 5.59. The van der Waals surface area contributed by atoms with Crippen molar-refractivity contribution in [3.8, 4) is 0 Å². The largest absolute Gasteiger partial charge is 0.378 e. The zero-order chi connectivity index (χ0) is 10.1. The molecule has 3 heteroatoms. The second-order valence-electron chi connectivity index (χ2n) is 3.88. The minimum absolute atomic E-state index is 0.391. The lowest BCUT2D eigenvalue weighted by molar-refractivity contribution is 0.106. The summed E-state index contributed by atoms with van der Waals surface area (Å²) in [6.07, 6.45) is 1.57. The molecule has 2 heterocycles. The maximum atomic E-state index is 5.59. The summed E-state index contributed by atoms with van der Waals surface area (Å²) >= 11 is 5.68. The molecule has 0 aromatic carbocycles. The Kier molecular flexibility index (Phi) is 3.30. The Morgan fingerprint density at radius 1 is 1.57 bits per heavy atom. The lowest BCUT2D eigenvalue weighted by Gasteiger charge is -2.19. The highest BCUT2D eigenvalue weighted by Crippen LogP contribution is 2.41. The normalized spacial score (nSPS) is 29.4. The van der Waals surface area contributed by atoms with Crippen molar-refractivity contribution in [3.05, 3.63) is 21.9 Å². The van der Waals surface area contributed by atoms with Crippen LogP contribution in [0.4, 0.5) is 0 Å². The van der Waals surface area contributed by atoms with E-state index in [0.29, 0.717) is 16.8 Å². The van der Waals surface area contributed by atoms with Crippen LogP contribution in [0, 0.1) is 12.8 Å². The van der Waals surface area contributed by atoms with Gasteiger partial charge in [-0.25, -0.2) is 0 Å². The SMILES string of the molecule is Cc1ccc(C(Br)C2CCOC2C)s1. The maximum absolute atomic E-state index is 5.59. The van der Waals surface area contributed by atoms with Crippen LogP contribution >= 0.6 is 27.3 Å². The van der Waals surface area contributed by atoms with E-state index in [1.54, 1.807) is 0 Å². The summed E-state index contributed by atoms with van der Waals surface area (Å²) in [5.41, 5.74) is 0. The van der Waals surface area contributed by atoms with Crippen molar-refractivity contribution >= 4 is 27.3 Å². The third kappa shape index (κ3) is 2.05. The average Bonchev–Trinajstić information content (AvgIpc) is 2.73. The number of alkyl halides is 1. The maximum Gasteiger partial charge on any atom is 0.0590 e. The molecule has 0 radical (unpaired) electrons. The first-order valence-electron chi connectivity index (χ1n) is 5.00. The first-order valence-corrected chi connectivity index (χ1v) is 6.73. The number of hydrogen-bond donors (Lipinski definition) is 0. The van der Waals surface area contributed by atoms with E-state index in [-0.39, 0.29) is 0 Å². The van der Waals surface area contributed by atoms with E-state index < -0.39 is 0 Å².